The molecule has 0 N–H and O–H groups in total. The Labute approximate surface area is 183 Å². The molecule has 0 aliphatic carbocycles. The van der Waals surface area contributed by atoms with Crippen LogP contribution in [0.2, 0.25) is 0 Å². The second kappa shape index (κ2) is 8.45. The van der Waals surface area contributed by atoms with Crippen molar-refractivity contribution < 1.29 is 13.6 Å². The first-order valence-electron chi connectivity index (χ1n) is 10.6. The summed E-state index contributed by atoms with van der Waals surface area (Å²) in [4.78, 5) is 24.2. The van der Waals surface area contributed by atoms with Crippen molar-refractivity contribution in [1.29, 1.82) is 0 Å². The molecule has 32 heavy (non-hydrogen) atoms. The lowest BCUT2D eigenvalue weighted by molar-refractivity contribution is 0.0613. The second-order valence-corrected chi connectivity index (χ2v) is 7.82. The molecule has 1 atom stereocenters. The monoisotopic (exact) mass is 433 g/mol. The number of nitrogens with zero attached hydrogens (tertiary/aromatic N) is 5. The summed E-state index contributed by atoms with van der Waals surface area (Å²) in [5, 5.41) is 4.10. The topological polar surface area (TPSA) is 63.4 Å². The van der Waals surface area contributed by atoms with E-state index in [0.29, 0.717) is 17.8 Å². The minimum absolute atomic E-state index is 0.119. The Bertz CT molecular complexity index is 1240. The highest BCUT2D eigenvalue weighted by Crippen LogP contribution is 2.33. The molecule has 1 saturated heterocycles. The minimum atomic E-state index is -2.76. The van der Waals surface area contributed by atoms with E-state index in [1.807, 2.05) is 30.3 Å². The number of halogens is 2. The Morgan fingerprint density at radius 2 is 1.91 bits per heavy atom. The zero-order valence-electron chi connectivity index (χ0n) is 17.2. The second-order valence-electron chi connectivity index (χ2n) is 7.82. The number of fused-ring (bicyclic) bond motifs is 1. The van der Waals surface area contributed by atoms with E-state index < -0.39 is 6.43 Å². The number of amides is 1. The van der Waals surface area contributed by atoms with Crippen LogP contribution < -0.4 is 0 Å². The van der Waals surface area contributed by atoms with E-state index in [2.05, 4.69) is 15.1 Å². The van der Waals surface area contributed by atoms with E-state index in [1.165, 1.54) is 12.3 Å². The fourth-order valence-corrected chi connectivity index (χ4v) is 4.30. The number of hydrogen-bond acceptors (Lipinski definition) is 4. The number of hydrogen-bond donors (Lipinski definition) is 0. The van der Waals surface area contributed by atoms with Crippen molar-refractivity contribution in [3.63, 3.8) is 0 Å². The number of rotatable bonds is 4. The highest BCUT2D eigenvalue weighted by molar-refractivity contribution is 6.00. The van der Waals surface area contributed by atoms with Crippen molar-refractivity contribution in [2.24, 2.45) is 0 Å². The summed E-state index contributed by atoms with van der Waals surface area (Å²) in [6.45, 7) is 0.579. The zero-order valence-corrected chi connectivity index (χ0v) is 17.2. The number of alkyl halides is 2. The third-order valence-electron chi connectivity index (χ3n) is 5.86. The van der Waals surface area contributed by atoms with Crippen LogP contribution in [0.4, 0.5) is 8.78 Å². The van der Waals surface area contributed by atoms with Crippen molar-refractivity contribution in [2.45, 2.75) is 31.7 Å². The molecule has 1 fully saturated rings. The number of benzene rings is 1. The standard InChI is InChI=1S/C24H21F2N5O/c25-22(26)21-13-19(16-7-2-1-3-8-16)29-23-18(15-28-31(21)23)24(32)30-12-5-4-10-20(30)17-9-6-11-27-14-17/h1-3,6-9,11,13-15,20,22H,4-5,10,12H2/t20-/m0/s1. The molecule has 8 heteroatoms. The van der Waals surface area contributed by atoms with Crippen LogP contribution >= 0.6 is 0 Å². The molecule has 1 aromatic carbocycles. The largest absolute Gasteiger partial charge is 0.331 e. The number of pyridine rings is 1. The lowest BCUT2D eigenvalue weighted by atomic mass is 9.95. The highest BCUT2D eigenvalue weighted by Gasteiger charge is 2.31. The normalized spacial score (nSPS) is 16.6. The number of carbonyl (C=O) groups is 1. The van der Waals surface area contributed by atoms with Gasteiger partial charge in [0.1, 0.15) is 11.3 Å². The summed E-state index contributed by atoms with van der Waals surface area (Å²) in [6.07, 6.45) is 4.76. The van der Waals surface area contributed by atoms with Crippen molar-refractivity contribution in [1.82, 2.24) is 24.5 Å². The molecule has 0 unspecified atom stereocenters. The van der Waals surface area contributed by atoms with Gasteiger partial charge in [0.25, 0.3) is 12.3 Å². The van der Waals surface area contributed by atoms with Crippen LogP contribution in [0, 0.1) is 0 Å². The quantitative estimate of drug-likeness (QED) is 0.449. The summed E-state index contributed by atoms with van der Waals surface area (Å²) in [7, 11) is 0. The maximum absolute atomic E-state index is 13.9. The fraction of sp³-hybridized carbons (Fsp3) is 0.250. The van der Waals surface area contributed by atoms with E-state index in [-0.39, 0.29) is 28.9 Å². The number of likely N-dealkylation sites (tertiary alicyclic amines) is 1. The molecule has 0 bridgehead atoms. The SMILES string of the molecule is O=C(c1cnn2c(C(F)F)cc(-c3ccccc3)nc12)N1CCCC[C@H]1c1cccnc1. The predicted molar refractivity (Wildman–Crippen MR) is 115 cm³/mol. The van der Waals surface area contributed by atoms with Crippen molar-refractivity contribution in [3.8, 4) is 11.3 Å². The van der Waals surface area contributed by atoms with Gasteiger partial charge in [-0.1, -0.05) is 36.4 Å². The van der Waals surface area contributed by atoms with Crippen molar-refractivity contribution in [3.05, 3.63) is 83.9 Å². The molecule has 4 aromatic rings. The van der Waals surface area contributed by atoms with Gasteiger partial charge in [0.15, 0.2) is 5.65 Å². The Kier molecular flexibility index (Phi) is 5.34. The summed E-state index contributed by atoms with van der Waals surface area (Å²) in [5.74, 6) is -0.258. The zero-order chi connectivity index (χ0) is 22.1. The first kappa shape index (κ1) is 20.2. The van der Waals surface area contributed by atoms with Crippen LogP contribution in [-0.2, 0) is 0 Å². The summed E-state index contributed by atoms with van der Waals surface area (Å²) in [6, 6.07) is 14.1. The average Bonchev–Trinajstić information content (AvgIpc) is 3.28. The molecule has 0 saturated carbocycles. The van der Waals surface area contributed by atoms with Gasteiger partial charge < -0.3 is 4.90 Å². The molecule has 1 aliphatic heterocycles. The van der Waals surface area contributed by atoms with E-state index in [0.717, 1.165) is 29.3 Å². The maximum atomic E-state index is 13.9. The summed E-state index contributed by atoms with van der Waals surface area (Å²) >= 11 is 0. The first-order chi connectivity index (χ1) is 15.6. The fourth-order valence-electron chi connectivity index (χ4n) is 4.30. The lowest BCUT2D eigenvalue weighted by Crippen LogP contribution is -2.38. The Morgan fingerprint density at radius 1 is 1.06 bits per heavy atom. The Balaban J connectivity index is 1.60. The van der Waals surface area contributed by atoms with E-state index in [9.17, 15) is 13.6 Å². The van der Waals surface area contributed by atoms with Crippen LogP contribution in [0.1, 0.15) is 53.3 Å². The van der Waals surface area contributed by atoms with Crippen LogP contribution in [0.25, 0.3) is 16.9 Å². The highest BCUT2D eigenvalue weighted by atomic mass is 19.3. The molecule has 5 rings (SSSR count). The van der Waals surface area contributed by atoms with Gasteiger partial charge in [-0.2, -0.15) is 5.10 Å². The van der Waals surface area contributed by atoms with E-state index in [4.69, 9.17) is 0 Å². The Morgan fingerprint density at radius 3 is 2.66 bits per heavy atom. The predicted octanol–water partition coefficient (Wildman–Crippen LogP) is 5.10. The molecule has 0 radical (unpaired) electrons. The molecular weight excluding hydrogens is 412 g/mol. The smallest absolute Gasteiger partial charge is 0.280 e. The number of aromatic nitrogens is 4. The van der Waals surface area contributed by atoms with Crippen LogP contribution in [0.15, 0.2) is 67.1 Å². The maximum Gasteiger partial charge on any atom is 0.280 e. The van der Waals surface area contributed by atoms with Crippen molar-refractivity contribution in [2.75, 3.05) is 6.54 Å². The first-order valence-corrected chi connectivity index (χ1v) is 10.6. The minimum Gasteiger partial charge on any atom is -0.331 e. The van der Waals surface area contributed by atoms with Crippen LogP contribution in [-0.4, -0.2) is 36.9 Å². The van der Waals surface area contributed by atoms with E-state index >= 15 is 0 Å². The Hall–Kier alpha value is -3.68. The van der Waals surface area contributed by atoms with Crippen molar-refractivity contribution >= 4 is 11.6 Å². The third-order valence-corrected chi connectivity index (χ3v) is 5.86. The van der Waals surface area contributed by atoms with Crippen LogP contribution in [0.5, 0.6) is 0 Å². The van der Waals surface area contributed by atoms with Gasteiger partial charge in [-0.3, -0.25) is 9.78 Å². The van der Waals surface area contributed by atoms with Gasteiger partial charge in [-0.15, -0.1) is 0 Å². The van der Waals surface area contributed by atoms with E-state index in [1.54, 1.807) is 29.4 Å². The molecule has 4 heterocycles. The lowest BCUT2D eigenvalue weighted by Gasteiger charge is -2.35. The van der Waals surface area contributed by atoms with Gasteiger partial charge in [-0.25, -0.2) is 18.3 Å². The summed E-state index contributed by atoms with van der Waals surface area (Å²) in [5.41, 5.74) is 2.11. The van der Waals surface area contributed by atoms with Crippen LogP contribution in [0.3, 0.4) is 0 Å². The van der Waals surface area contributed by atoms with Gasteiger partial charge in [0.05, 0.1) is 17.9 Å². The van der Waals surface area contributed by atoms with Gasteiger partial charge in [0, 0.05) is 24.5 Å². The molecule has 3 aromatic heterocycles. The molecule has 162 valence electrons. The molecule has 1 aliphatic rings. The molecule has 0 spiro atoms. The molecular formula is C24H21F2N5O. The van der Waals surface area contributed by atoms with Gasteiger partial charge in [0.2, 0.25) is 0 Å². The number of piperidine rings is 1. The third kappa shape index (κ3) is 3.62. The van der Waals surface area contributed by atoms with Gasteiger partial charge >= 0.3 is 0 Å². The van der Waals surface area contributed by atoms with Gasteiger partial charge in [-0.05, 0) is 37.0 Å². The average molecular weight is 433 g/mol. The summed E-state index contributed by atoms with van der Waals surface area (Å²) < 4.78 is 28.8. The molecule has 6 nitrogen and oxygen atoms in total. The molecule has 1 amide bonds. The number of carbonyl (C=O) groups excluding carboxylic acids is 1.